The summed E-state index contributed by atoms with van der Waals surface area (Å²) in [6.45, 7) is 0. The van der Waals surface area contributed by atoms with E-state index in [0.717, 1.165) is 11.1 Å². The summed E-state index contributed by atoms with van der Waals surface area (Å²) in [6.07, 6.45) is 6.29. The van der Waals surface area contributed by atoms with Crippen LogP contribution < -0.4 is 10.5 Å². The summed E-state index contributed by atoms with van der Waals surface area (Å²) in [5.41, 5.74) is 7.04. The number of ether oxygens (including phenoxy) is 1. The summed E-state index contributed by atoms with van der Waals surface area (Å²) in [4.78, 5) is 11.7. The molecule has 2 rings (SSSR count). The van der Waals surface area contributed by atoms with E-state index in [4.69, 9.17) is 15.9 Å². The normalized spacial score (nSPS) is 10.9. The molecule has 0 aliphatic carbocycles. The van der Waals surface area contributed by atoms with Crippen LogP contribution in [0.3, 0.4) is 0 Å². The number of hydrogen-bond acceptors (Lipinski definition) is 3. The van der Waals surface area contributed by atoms with Gasteiger partial charge in [0.05, 0.1) is 0 Å². The van der Waals surface area contributed by atoms with E-state index in [9.17, 15) is 4.79 Å². The van der Waals surface area contributed by atoms with E-state index >= 15 is 0 Å². The molecule has 0 aromatic heterocycles. The first-order valence-corrected chi connectivity index (χ1v) is 6.70. The van der Waals surface area contributed by atoms with Crippen molar-refractivity contribution in [3.8, 4) is 5.75 Å². The lowest BCUT2D eigenvalue weighted by Crippen LogP contribution is -2.04. The highest BCUT2D eigenvalue weighted by Crippen LogP contribution is 2.14. The minimum atomic E-state index is -0.434. The summed E-state index contributed by atoms with van der Waals surface area (Å²) in [6, 6.07) is 16.5. The Morgan fingerprint density at radius 3 is 2.14 bits per heavy atom. The van der Waals surface area contributed by atoms with Gasteiger partial charge in [-0.05, 0) is 35.4 Å². The second kappa shape index (κ2) is 7.59. The van der Waals surface area contributed by atoms with E-state index in [0.29, 0.717) is 5.75 Å². The summed E-state index contributed by atoms with van der Waals surface area (Å²) in [5.74, 6) is 0.0140. The van der Waals surface area contributed by atoms with Gasteiger partial charge in [-0.3, -0.25) is 5.41 Å². The number of esters is 1. The summed E-state index contributed by atoms with van der Waals surface area (Å²) >= 11 is 0. The first kappa shape index (κ1) is 15.3. The van der Waals surface area contributed by atoms with Gasteiger partial charge >= 0.3 is 5.97 Å². The predicted molar refractivity (Wildman–Crippen MR) is 88.5 cm³/mol. The van der Waals surface area contributed by atoms with E-state index in [1.165, 1.54) is 12.2 Å². The molecule has 0 heterocycles. The van der Waals surface area contributed by atoms with E-state index in [-0.39, 0.29) is 5.84 Å². The zero-order chi connectivity index (χ0) is 15.8. The Hall–Kier alpha value is -3.14. The largest absolute Gasteiger partial charge is 0.423 e. The number of benzene rings is 2. The average Bonchev–Trinajstić information content (AvgIpc) is 2.53. The predicted octanol–water partition coefficient (Wildman–Crippen LogP) is 3.25. The number of amidine groups is 1. The molecule has 0 spiro atoms. The first-order valence-electron chi connectivity index (χ1n) is 6.70. The Bertz CT molecular complexity index is 702. The fourth-order valence-corrected chi connectivity index (χ4v) is 1.71. The molecule has 0 amide bonds. The maximum atomic E-state index is 11.7. The van der Waals surface area contributed by atoms with Crippen molar-refractivity contribution in [2.45, 2.75) is 0 Å². The molecule has 0 fully saturated rings. The topological polar surface area (TPSA) is 76.2 Å². The van der Waals surface area contributed by atoms with Crippen molar-refractivity contribution < 1.29 is 9.53 Å². The van der Waals surface area contributed by atoms with Gasteiger partial charge in [-0.1, -0.05) is 48.5 Å². The SMILES string of the molecule is N=C(N)C=Cc1ccc(OC(=O)/C=C/c2ccccc2)cc1. The van der Waals surface area contributed by atoms with Gasteiger partial charge in [0.15, 0.2) is 0 Å². The Labute approximate surface area is 129 Å². The third-order valence-electron chi connectivity index (χ3n) is 2.77. The summed E-state index contributed by atoms with van der Waals surface area (Å²) < 4.78 is 5.20. The van der Waals surface area contributed by atoms with Gasteiger partial charge in [0.25, 0.3) is 0 Å². The van der Waals surface area contributed by atoms with E-state index < -0.39 is 5.97 Å². The highest BCUT2D eigenvalue weighted by molar-refractivity contribution is 5.92. The average molecular weight is 292 g/mol. The van der Waals surface area contributed by atoms with Crippen LogP contribution in [0.1, 0.15) is 11.1 Å². The smallest absolute Gasteiger partial charge is 0.336 e. The minimum Gasteiger partial charge on any atom is -0.423 e. The van der Waals surface area contributed by atoms with E-state index in [1.54, 1.807) is 36.4 Å². The van der Waals surface area contributed by atoms with Crippen molar-refractivity contribution in [3.63, 3.8) is 0 Å². The molecule has 0 unspecified atom stereocenters. The molecule has 0 saturated carbocycles. The van der Waals surface area contributed by atoms with Crippen LogP contribution in [0.25, 0.3) is 12.2 Å². The number of nitrogens with two attached hydrogens (primary N) is 1. The molecule has 2 aromatic carbocycles. The van der Waals surface area contributed by atoms with Gasteiger partial charge < -0.3 is 10.5 Å². The van der Waals surface area contributed by atoms with Crippen LogP contribution in [0.5, 0.6) is 5.75 Å². The van der Waals surface area contributed by atoms with Crippen LogP contribution in [0.2, 0.25) is 0 Å². The third kappa shape index (κ3) is 5.09. The minimum absolute atomic E-state index is 0.0125. The molecule has 0 aliphatic heterocycles. The maximum absolute atomic E-state index is 11.7. The molecule has 3 N–H and O–H groups in total. The molecule has 0 saturated heterocycles. The molecule has 2 aromatic rings. The van der Waals surface area contributed by atoms with Crippen LogP contribution >= 0.6 is 0 Å². The number of carbonyl (C=O) groups is 1. The van der Waals surface area contributed by atoms with Crippen molar-refractivity contribution in [2.75, 3.05) is 0 Å². The quantitative estimate of drug-likeness (QED) is 0.292. The Kier molecular flexibility index (Phi) is 5.26. The van der Waals surface area contributed by atoms with E-state index in [1.807, 2.05) is 30.3 Å². The highest BCUT2D eigenvalue weighted by atomic mass is 16.5. The highest BCUT2D eigenvalue weighted by Gasteiger charge is 2.00. The molecular weight excluding hydrogens is 276 g/mol. The van der Waals surface area contributed by atoms with Crippen molar-refractivity contribution >= 4 is 24.0 Å². The summed E-state index contributed by atoms with van der Waals surface area (Å²) in [5, 5.41) is 7.11. The second-order valence-electron chi connectivity index (χ2n) is 4.52. The monoisotopic (exact) mass is 292 g/mol. The molecule has 22 heavy (non-hydrogen) atoms. The van der Waals surface area contributed by atoms with Gasteiger partial charge in [0, 0.05) is 6.08 Å². The Balaban J connectivity index is 1.94. The standard InChI is InChI=1S/C18H16N2O2/c19-17(20)12-8-15-6-10-16(11-7-15)22-18(21)13-9-14-4-2-1-3-5-14/h1-13H,(H3,19,20)/b12-8?,13-9+. The van der Waals surface area contributed by atoms with Crippen LogP contribution in [-0.4, -0.2) is 11.8 Å². The fourth-order valence-electron chi connectivity index (χ4n) is 1.71. The van der Waals surface area contributed by atoms with Gasteiger partial charge in [-0.25, -0.2) is 4.79 Å². The number of nitrogens with one attached hydrogen (secondary N) is 1. The van der Waals surface area contributed by atoms with Crippen molar-refractivity contribution in [3.05, 3.63) is 77.9 Å². The molecule has 0 atom stereocenters. The lowest BCUT2D eigenvalue weighted by atomic mass is 10.2. The molecule has 0 aliphatic rings. The van der Waals surface area contributed by atoms with Crippen LogP contribution in [0.15, 0.2) is 66.7 Å². The molecular formula is C18H16N2O2. The van der Waals surface area contributed by atoms with Gasteiger partial charge in [0.2, 0.25) is 0 Å². The maximum Gasteiger partial charge on any atom is 0.336 e. The molecule has 110 valence electrons. The molecule has 0 radical (unpaired) electrons. The van der Waals surface area contributed by atoms with Crippen LogP contribution in [0, 0.1) is 5.41 Å². The zero-order valence-corrected chi connectivity index (χ0v) is 11.9. The summed E-state index contributed by atoms with van der Waals surface area (Å²) in [7, 11) is 0. The third-order valence-corrected chi connectivity index (χ3v) is 2.77. The first-order chi connectivity index (χ1) is 10.6. The van der Waals surface area contributed by atoms with Crippen molar-refractivity contribution in [2.24, 2.45) is 5.73 Å². The molecule has 0 bridgehead atoms. The van der Waals surface area contributed by atoms with Crippen molar-refractivity contribution in [1.29, 1.82) is 5.41 Å². The number of carbonyl (C=O) groups excluding carboxylic acids is 1. The molecule has 4 nitrogen and oxygen atoms in total. The lowest BCUT2D eigenvalue weighted by molar-refractivity contribution is -0.128. The van der Waals surface area contributed by atoms with Crippen LogP contribution in [-0.2, 0) is 4.79 Å². The lowest BCUT2D eigenvalue weighted by Gasteiger charge is -2.01. The number of hydrogen-bond donors (Lipinski definition) is 2. The van der Waals surface area contributed by atoms with Gasteiger partial charge in [-0.2, -0.15) is 0 Å². The fraction of sp³-hybridized carbons (Fsp3) is 0. The zero-order valence-electron chi connectivity index (χ0n) is 11.9. The Morgan fingerprint density at radius 2 is 1.50 bits per heavy atom. The van der Waals surface area contributed by atoms with Crippen molar-refractivity contribution in [1.82, 2.24) is 0 Å². The van der Waals surface area contributed by atoms with Gasteiger partial charge in [-0.15, -0.1) is 0 Å². The second-order valence-corrected chi connectivity index (χ2v) is 4.52. The van der Waals surface area contributed by atoms with E-state index in [2.05, 4.69) is 0 Å². The Morgan fingerprint density at radius 1 is 0.909 bits per heavy atom. The van der Waals surface area contributed by atoms with Crippen LogP contribution in [0.4, 0.5) is 0 Å². The van der Waals surface area contributed by atoms with Gasteiger partial charge in [0.1, 0.15) is 11.6 Å². The number of rotatable bonds is 5. The molecule has 4 heteroatoms.